The Labute approximate surface area is 93.0 Å². The number of aryl methyl sites for hydroxylation is 3. The lowest BCUT2D eigenvalue weighted by Crippen LogP contribution is -1.96. The van der Waals surface area contributed by atoms with Gasteiger partial charge in [0.1, 0.15) is 0 Å². The van der Waals surface area contributed by atoms with Gasteiger partial charge in [-0.2, -0.15) is 0 Å². The van der Waals surface area contributed by atoms with Crippen LogP contribution in [0.1, 0.15) is 35.1 Å². The molecule has 0 fully saturated rings. The van der Waals surface area contributed by atoms with Gasteiger partial charge in [0.15, 0.2) is 0 Å². The van der Waals surface area contributed by atoms with Crippen molar-refractivity contribution < 1.29 is 0 Å². The summed E-state index contributed by atoms with van der Waals surface area (Å²) in [6.45, 7) is 7.25. The van der Waals surface area contributed by atoms with Gasteiger partial charge in [-0.05, 0) is 56.8 Å². The van der Waals surface area contributed by atoms with Gasteiger partial charge < -0.3 is 5.73 Å². The van der Waals surface area contributed by atoms with Gasteiger partial charge in [0.25, 0.3) is 0 Å². The summed E-state index contributed by atoms with van der Waals surface area (Å²) in [7, 11) is 0. The molecule has 0 radical (unpaired) electrons. The van der Waals surface area contributed by atoms with Gasteiger partial charge in [-0.1, -0.05) is 29.8 Å². The maximum atomic E-state index is 5.45. The predicted octanol–water partition coefficient (Wildman–Crippen LogP) is 3.36. The number of nitrogens with two attached hydrogens (primary N) is 1. The second kappa shape index (κ2) is 5.72. The zero-order valence-corrected chi connectivity index (χ0v) is 10.0. The third kappa shape index (κ3) is 3.52. The van der Waals surface area contributed by atoms with Crippen molar-refractivity contribution in [2.75, 3.05) is 6.54 Å². The number of unbranched alkanes of at least 4 members (excludes halogenated alkanes) is 1. The number of rotatable bonds is 4. The fraction of sp³-hybridized carbons (Fsp3) is 0.429. The van der Waals surface area contributed by atoms with Crippen LogP contribution in [0.4, 0.5) is 0 Å². The number of hydrogen-bond donors (Lipinski definition) is 1. The molecule has 1 rings (SSSR count). The van der Waals surface area contributed by atoms with Gasteiger partial charge in [-0.25, -0.2) is 0 Å². The van der Waals surface area contributed by atoms with Crippen molar-refractivity contribution in [1.82, 2.24) is 0 Å². The molecular weight excluding hydrogens is 182 g/mol. The number of allylic oxidation sites excluding steroid dienone is 1. The normalized spacial score (nSPS) is 11.2. The average molecular weight is 203 g/mol. The van der Waals surface area contributed by atoms with E-state index in [1.807, 2.05) is 0 Å². The van der Waals surface area contributed by atoms with Crippen LogP contribution < -0.4 is 5.73 Å². The fourth-order valence-corrected chi connectivity index (χ4v) is 1.89. The SMILES string of the molecule is Cc1cc(C)c(/C=C/CCCN)c(C)c1. The summed E-state index contributed by atoms with van der Waals surface area (Å²) < 4.78 is 0. The number of benzene rings is 1. The van der Waals surface area contributed by atoms with Crippen molar-refractivity contribution in [3.63, 3.8) is 0 Å². The molecular formula is C14H21N. The van der Waals surface area contributed by atoms with E-state index in [0.717, 1.165) is 19.4 Å². The van der Waals surface area contributed by atoms with Gasteiger partial charge in [-0.3, -0.25) is 0 Å². The Balaban J connectivity index is 2.80. The van der Waals surface area contributed by atoms with Gasteiger partial charge >= 0.3 is 0 Å². The highest BCUT2D eigenvalue weighted by Gasteiger charge is 1.99. The first-order chi connectivity index (χ1) is 7.15. The van der Waals surface area contributed by atoms with E-state index in [2.05, 4.69) is 45.1 Å². The van der Waals surface area contributed by atoms with E-state index in [0.29, 0.717) is 0 Å². The van der Waals surface area contributed by atoms with Gasteiger partial charge in [-0.15, -0.1) is 0 Å². The van der Waals surface area contributed by atoms with Crippen LogP contribution >= 0.6 is 0 Å². The van der Waals surface area contributed by atoms with Crippen molar-refractivity contribution in [2.24, 2.45) is 5.73 Å². The molecule has 0 heterocycles. The van der Waals surface area contributed by atoms with E-state index < -0.39 is 0 Å². The van der Waals surface area contributed by atoms with Gasteiger partial charge in [0.05, 0.1) is 0 Å². The zero-order valence-electron chi connectivity index (χ0n) is 10.0. The van der Waals surface area contributed by atoms with Crippen molar-refractivity contribution >= 4 is 6.08 Å². The fourth-order valence-electron chi connectivity index (χ4n) is 1.89. The molecule has 0 aliphatic carbocycles. The van der Waals surface area contributed by atoms with Gasteiger partial charge in [0.2, 0.25) is 0 Å². The summed E-state index contributed by atoms with van der Waals surface area (Å²) >= 11 is 0. The van der Waals surface area contributed by atoms with Crippen molar-refractivity contribution in [2.45, 2.75) is 33.6 Å². The smallest absolute Gasteiger partial charge is 0.00743 e. The third-order valence-electron chi connectivity index (χ3n) is 2.60. The highest BCUT2D eigenvalue weighted by Crippen LogP contribution is 2.18. The summed E-state index contributed by atoms with van der Waals surface area (Å²) in [5.41, 5.74) is 10.9. The molecule has 0 unspecified atom stereocenters. The highest BCUT2D eigenvalue weighted by molar-refractivity contribution is 5.58. The van der Waals surface area contributed by atoms with Crippen LogP contribution in [0.3, 0.4) is 0 Å². The molecule has 0 amide bonds. The molecule has 0 spiro atoms. The molecule has 0 aliphatic rings. The van der Waals surface area contributed by atoms with Crippen LogP contribution in [-0.2, 0) is 0 Å². The standard InChI is InChI=1S/C14H21N/c1-11-9-12(2)14(13(3)10-11)7-5-4-6-8-15/h5,7,9-10H,4,6,8,15H2,1-3H3/b7-5+. The monoisotopic (exact) mass is 203 g/mol. The molecule has 82 valence electrons. The third-order valence-corrected chi connectivity index (χ3v) is 2.60. The van der Waals surface area contributed by atoms with Crippen LogP contribution in [0.2, 0.25) is 0 Å². The molecule has 0 aliphatic heterocycles. The molecule has 0 bridgehead atoms. The lowest BCUT2D eigenvalue weighted by atomic mass is 9.99. The van der Waals surface area contributed by atoms with Crippen LogP contribution in [-0.4, -0.2) is 6.54 Å². The second-order valence-corrected chi connectivity index (χ2v) is 4.15. The predicted molar refractivity (Wildman–Crippen MR) is 68.0 cm³/mol. The van der Waals surface area contributed by atoms with Gasteiger partial charge in [0, 0.05) is 0 Å². The van der Waals surface area contributed by atoms with E-state index in [1.165, 1.54) is 22.3 Å². The molecule has 1 nitrogen and oxygen atoms in total. The maximum absolute atomic E-state index is 5.45. The first-order valence-electron chi connectivity index (χ1n) is 5.59. The Morgan fingerprint density at radius 2 is 1.73 bits per heavy atom. The molecule has 15 heavy (non-hydrogen) atoms. The summed E-state index contributed by atoms with van der Waals surface area (Å²) in [5, 5.41) is 0. The Kier molecular flexibility index (Phi) is 4.57. The minimum absolute atomic E-state index is 0.774. The van der Waals surface area contributed by atoms with E-state index in [1.54, 1.807) is 0 Å². The topological polar surface area (TPSA) is 26.0 Å². The first-order valence-corrected chi connectivity index (χ1v) is 5.59. The van der Waals surface area contributed by atoms with Crippen molar-refractivity contribution in [3.8, 4) is 0 Å². The molecule has 0 aromatic heterocycles. The molecule has 1 heteroatoms. The van der Waals surface area contributed by atoms with E-state index >= 15 is 0 Å². The van der Waals surface area contributed by atoms with Crippen LogP contribution in [0.5, 0.6) is 0 Å². The maximum Gasteiger partial charge on any atom is -0.00743 e. The Morgan fingerprint density at radius 3 is 2.27 bits per heavy atom. The molecule has 0 saturated carbocycles. The Morgan fingerprint density at radius 1 is 1.13 bits per heavy atom. The van der Waals surface area contributed by atoms with Crippen LogP contribution in [0.25, 0.3) is 6.08 Å². The van der Waals surface area contributed by atoms with E-state index in [9.17, 15) is 0 Å². The molecule has 1 aromatic rings. The lowest BCUT2D eigenvalue weighted by molar-refractivity contribution is 0.857. The zero-order chi connectivity index (χ0) is 11.3. The average Bonchev–Trinajstić information content (AvgIpc) is 2.15. The summed E-state index contributed by atoms with van der Waals surface area (Å²) in [5.74, 6) is 0. The molecule has 1 aromatic carbocycles. The second-order valence-electron chi connectivity index (χ2n) is 4.15. The van der Waals surface area contributed by atoms with Crippen LogP contribution in [0, 0.1) is 20.8 Å². The minimum Gasteiger partial charge on any atom is -0.330 e. The summed E-state index contributed by atoms with van der Waals surface area (Å²) in [4.78, 5) is 0. The summed E-state index contributed by atoms with van der Waals surface area (Å²) in [6, 6.07) is 4.46. The van der Waals surface area contributed by atoms with E-state index in [4.69, 9.17) is 5.73 Å². The Hall–Kier alpha value is -1.08. The first kappa shape index (κ1) is 12.0. The van der Waals surface area contributed by atoms with E-state index in [-0.39, 0.29) is 0 Å². The van der Waals surface area contributed by atoms with Crippen molar-refractivity contribution in [3.05, 3.63) is 40.5 Å². The molecule has 0 saturated heterocycles. The number of hydrogen-bond acceptors (Lipinski definition) is 1. The Bertz CT molecular complexity index is 327. The quantitative estimate of drug-likeness (QED) is 0.746. The van der Waals surface area contributed by atoms with Crippen LogP contribution in [0.15, 0.2) is 18.2 Å². The molecule has 2 N–H and O–H groups in total. The van der Waals surface area contributed by atoms with Crippen molar-refractivity contribution in [1.29, 1.82) is 0 Å². The highest BCUT2D eigenvalue weighted by atomic mass is 14.5. The minimum atomic E-state index is 0.774. The molecule has 0 atom stereocenters. The lowest BCUT2D eigenvalue weighted by Gasteiger charge is -2.06. The largest absolute Gasteiger partial charge is 0.330 e. The summed E-state index contributed by atoms with van der Waals surface area (Å²) in [6.07, 6.45) is 6.58.